The van der Waals surface area contributed by atoms with Crippen LogP contribution in [0.5, 0.6) is 11.5 Å². The van der Waals surface area contributed by atoms with E-state index in [-0.39, 0.29) is 39.6 Å². The van der Waals surface area contributed by atoms with Gasteiger partial charge in [0.15, 0.2) is 11.5 Å². The molecule has 1 N–H and O–H groups in total. The van der Waals surface area contributed by atoms with Crippen molar-refractivity contribution < 1.29 is 24.3 Å². The van der Waals surface area contributed by atoms with Gasteiger partial charge >= 0.3 is 5.97 Å². The lowest BCUT2D eigenvalue weighted by atomic mass is 10.2. The predicted octanol–water partition coefficient (Wildman–Crippen LogP) is 2.45. The molecule has 2 heterocycles. The van der Waals surface area contributed by atoms with Gasteiger partial charge in [-0.2, -0.15) is 9.78 Å². The summed E-state index contributed by atoms with van der Waals surface area (Å²) in [5.74, 6) is -1.02. The Balaban J connectivity index is 2.08. The second-order valence-corrected chi connectivity index (χ2v) is 6.94. The largest absolute Gasteiger partial charge is 0.504 e. The molecule has 0 amide bonds. The number of nitro benzene ring substituents is 1. The number of phenolic OH excluding ortho intramolecular Hbond substituents is 1. The van der Waals surface area contributed by atoms with Crippen molar-refractivity contribution in [1.29, 1.82) is 0 Å². The molecule has 0 unspecified atom stereocenters. The maximum atomic E-state index is 12.8. The Labute approximate surface area is 173 Å². The first-order valence-corrected chi connectivity index (χ1v) is 9.37. The minimum absolute atomic E-state index is 0.0256. The van der Waals surface area contributed by atoms with Crippen LogP contribution in [-0.2, 0) is 4.74 Å². The van der Waals surface area contributed by atoms with Crippen LogP contribution in [0.1, 0.15) is 27.7 Å². The summed E-state index contributed by atoms with van der Waals surface area (Å²) in [5.41, 5.74) is -0.463. The number of hydrogen-bond acceptors (Lipinski definition) is 10. The molecule has 30 heavy (non-hydrogen) atoms. The Morgan fingerprint density at radius 3 is 2.83 bits per heavy atom. The highest BCUT2D eigenvalue weighted by Crippen LogP contribution is 2.33. The van der Waals surface area contributed by atoms with Gasteiger partial charge in [-0.3, -0.25) is 14.9 Å². The minimum Gasteiger partial charge on any atom is -0.504 e. The SMILES string of the molecule is CCOC(=O)c1sc2ncn(/N=C/c3cc([N+](=O)[O-])cc(OC)c3O)c(=O)c2c1C. The number of nitro groups is 1. The summed E-state index contributed by atoms with van der Waals surface area (Å²) in [6, 6.07) is 2.16. The maximum absolute atomic E-state index is 12.8. The minimum atomic E-state index is -0.648. The van der Waals surface area contributed by atoms with E-state index in [4.69, 9.17) is 9.47 Å². The smallest absolute Gasteiger partial charge is 0.348 e. The van der Waals surface area contributed by atoms with Crippen LogP contribution >= 0.6 is 11.3 Å². The van der Waals surface area contributed by atoms with E-state index in [1.165, 1.54) is 7.11 Å². The summed E-state index contributed by atoms with van der Waals surface area (Å²) in [7, 11) is 1.25. The molecular formula is C18H16N4O7S. The number of hydrogen-bond donors (Lipinski definition) is 1. The number of rotatable bonds is 6. The zero-order valence-corrected chi connectivity index (χ0v) is 16.9. The van der Waals surface area contributed by atoms with Gasteiger partial charge in [0.2, 0.25) is 0 Å². The van der Waals surface area contributed by atoms with E-state index in [1.54, 1.807) is 13.8 Å². The number of non-ortho nitro benzene ring substituents is 1. The van der Waals surface area contributed by atoms with E-state index in [1.807, 2.05) is 0 Å². The van der Waals surface area contributed by atoms with Crippen LogP contribution in [-0.4, -0.2) is 45.6 Å². The summed E-state index contributed by atoms with van der Waals surface area (Å²) < 4.78 is 10.8. The summed E-state index contributed by atoms with van der Waals surface area (Å²) in [6.07, 6.45) is 2.23. The Hall–Kier alpha value is -3.80. The fraction of sp³-hybridized carbons (Fsp3) is 0.222. The van der Waals surface area contributed by atoms with Gasteiger partial charge in [-0.05, 0) is 19.4 Å². The van der Waals surface area contributed by atoms with Crippen molar-refractivity contribution in [2.45, 2.75) is 13.8 Å². The van der Waals surface area contributed by atoms with Gasteiger partial charge in [0.25, 0.3) is 11.2 Å². The van der Waals surface area contributed by atoms with E-state index in [0.717, 1.165) is 40.7 Å². The van der Waals surface area contributed by atoms with Gasteiger partial charge in [0, 0.05) is 11.6 Å². The summed E-state index contributed by atoms with van der Waals surface area (Å²) in [6.45, 7) is 3.49. The zero-order valence-electron chi connectivity index (χ0n) is 16.1. The second-order valence-electron chi connectivity index (χ2n) is 5.94. The number of benzene rings is 1. The lowest BCUT2D eigenvalue weighted by Gasteiger charge is -2.06. The molecule has 3 aromatic rings. The predicted molar refractivity (Wildman–Crippen MR) is 109 cm³/mol. The molecule has 0 aliphatic rings. The van der Waals surface area contributed by atoms with Crippen molar-refractivity contribution in [1.82, 2.24) is 9.66 Å². The number of ether oxygens (including phenoxy) is 2. The molecule has 156 valence electrons. The average Bonchev–Trinajstić information content (AvgIpc) is 3.05. The van der Waals surface area contributed by atoms with Crippen LogP contribution in [0, 0.1) is 17.0 Å². The number of carbonyl (C=O) groups is 1. The van der Waals surface area contributed by atoms with Crippen molar-refractivity contribution in [2.75, 3.05) is 13.7 Å². The zero-order chi connectivity index (χ0) is 22.0. The molecule has 0 saturated carbocycles. The van der Waals surface area contributed by atoms with E-state index in [2.05, 4.69) is 10.1 Å². The number of aromatic hydroxyl groups is 1. The first-order chi connectivity index (χ1) is 14.3. The van der Waals surface area contributed by atoms with Crippen molar-refractivity contribution >= 4 is 39.4 Å². The molecule has 0 fully saturated rings. The Morgan fingerprint density at radius 2 is 2.20 bits per heavy atom. The number of aryl methyl sites for hydroxylation is 1. The third-order valence-corrected chi connectivity index (χ3v) is 5.32. The van der Waals surface area contributed by atoms with Crippen molar-refractivity contribution in [2.24, 2.45) is 5.10 Å². The van der Waals surface area contributed by atoms with E-state index >= 15 is 0 Å². The molecule has 0 saturated heterocycles. The summed E-state index contributed by atoms with van der Waals surface area (Å²) >= 11 is 1.04. The van der Waals surface area contributed by atoms with Crippen molar-refractivity contribution in [3.8, 4) is 11.5 Å². The molecule has 0 aliphatic carbocycles. The quantitative estimate of drug-likeness (QED) is 0.270. The van der Waals surface area contributed by atoms with Crippen LogP contribution in [0.25, 0.3) is 10.2 Å². The summed E-state index contributed by atoms with van der Waals surface area (Å²) in [5, 5.41) is 25.4. The lowest BCUT2D eigenvalue weighted by Crippen LogP contribution is -2.17. The highest BCUT2D eigenvalue weighted by molar-refractivity contribution is 7.20. The van der Waals surface area contributed by atoms with Gasteiger partial charge in [0.05, 0.1) is 36.3 Å². The fourth-order valence-electron chi connectivity index (χ4n) is 2.69. The van der Waals surface area contributed by atoms with Gasteiger partial charge in [0.1, 0.15) is 16.0 Å². The number of fused-ring (bicyclic) bond motifs is 1. The molecule has 2 aromatic heterocycles. The van der Waals surface area contributed by atoms with Gasteiger partial charge in [-0.1, -0.05) is 0 Å². The van der Waals surface area contributed by atoms with Gasteiger partial charge < -0.3 is 14.6 Å². The van der Waals surface area contributed by atoms with Crippen LogP contribution in [0.4, 0.5) is 5.69 Å². The first-order valence-electron chi connectivity index (χ1n) is 8.56. The fourth-order valence-corrected chi connectivity index (χ4v) is 3.72. The summed E-state index contributed by atoms with van der Waals surface area (Å²) in [4.78, 5) is 40.1. The second kappa shape index (κ2) is 8.29. The molecule has 1 aromatic carbocycles. The highest BCUT2D eigenvalue weighted by Gasteiger charge is 2.20. The Kier molecular flexibility index (Phi) is 5.78. The van der Waals surface area contributed by atoms with E-state index < -0.39 is 16.5 Å². The molecule has 0 radical (unpaired) electrons. The third kappa shape index (κ3) is 3.72. The lowest BCUT2D eigenvalue weighted by molar-refractivity contribution is -0.385. The average molecular weight is 432 g/mol. The van der Waals surface area contributed by atoms with Gasteiger partial charge in [-0.25, -0.2) is 9.78 Å². The molecule has 11 nitrogen and oxygen atoms in total. The number of nitrogens with zero attached hydrogens (tertiary/aromatic N) is 4. The Bertz CT molecular complexity index is 1250. The molecule has 12 heteroatoms. The van der Waals surface area contributed by atoms with Crippen LogP contribution < -0.4 is 10.3 Å². The van der Waals surface area contributed by atoms with Crippen LogP contribution in [0.3, 0.4) is 0 Å². The van der Waals surface area contributed by atoms with Gasteiger partial charge in [-0.15, -0.1) is 11.3 Å². The molecular weight excluding hydrogens is 416 g/mol. The maximum Gasteiger partial charge on any atom is 0.348 e. The van der Waals surface area contributed by atoms with Crippen molar-refractivity contribution in [3.05, 3.63) is 54.9 Å². The van der Waals surface area contributed by atoms with Crippen LogP contribution in [0.2, 0.25) is 0 Å². The first kappa shape index (κ1) is 20.9. The molecule has 3 rings (SSSR count). The molecule has 0 bridgehead atoms. The normalized spacial score (nSPS) is 11.2. The number of methoxy groups -OCH3 is 1. The molecule has 0 aliphatic heterocycles. The molecule has 0 spiro atoms. The number of esters is 1. The van der Waals surface area contributed by atoms with E-state index in [9.17, 15) is 24.8 Å². The van der Waals surface area contributed by atoms with E-state index in [0.29, 0.717) is 10.4 Å². The number of carbonyl (C=O) groups excluding carboxylic acids is 1. The number of aromatic nitrogens is 2. The van der Waals surface area contributed by atoms with Crippen molar-refractivity contribution in [3.63, 3.8) is 0 Å². The topological polar surface area (TPSA) is 146 Å². The van der Waals surface area contributed by atoms with Crippen LogP contribution in [0.15, 0.2) is 28.4 Å². The highest BCUT2D eigenvalue weighted by atomic mass is 32.1. The molecule has 0 atom stereocenters. The Morgan fingerprint density at radius 1 is 1.47 bits per heavy atom. The monoisotopic (exact) mass is 432 g/mol. The standard InChI is InChI=1S/C18H16N4O7S/c1-4-29-18(25)15-9(2)13-16(30-15)19-8-21(17(13)24)20-7-10-5-11(22(26)27)6-12(28-3)14(10)23/h5-8,23H,4H2,1-3H3/b20-7+. The third-order valence-electron chi connectivity index (χ3n) is 4.14. The number of thiophene rings is 1. The number of phenols is 1.